The maximum Gasteiger partial charge on any atom is 0.359 e. The maximum atomic E-state index is 15.8. The molecule has 0 radical (unpaired) electrons. The summed E-state index contributed by atoms with van der Waals surface area (Å²) in [7, 11) is -0.350. The van der Waals surface area contributed by atoms with Crippen molar-refractivity contribution in [1.29, 1.82) is 0 Å². The summed E-state index contributed by atoms with van der Waals surface area (Å²) >= 11 is 0. The van der Waals surface area contributed by atoms with Crippen molar-refractivity contribution in [3.05, 3.63) is 69.8 Å². The van der Waals surface area contributed by atoms with E-state index in [0.29, 0.717) is 46.8 Å². The van der Waals surface area contributed by atoms with E-state index in [1.54, 1.807) is 7.05 Å². The number of hydrogen-bond donors (Lipinski definition) is 3. The van der Waals surface area contributed by atoms with E-state index in [9.17, 15) is 27.7 Å². The van der Waals surface area contributed by atoms with E-state index in [2.05, 4.69) is 19.9 Å². The number of aryl methyl sites for hydroxylation is 1. The highest BCUT2D eigenvalue weighted by atomic mass is 32.2. The van der Waals surface area contributed by atoms with Gasteiger partial charge in [-0.2, -0.15) is 13.0 Å². The first-order valence-corrected chi connectivity index (χ1v) is 14.9. The molecule has 3 N–H and O–H groups in total. The van der Waals surface area contributed by atoms with Crippen molar-refractivity contribution in [2.45, 2.75) is 0 Å². The lowest BCUT2D eigenvalue weighted by Crippen LogP contribution is -2.25. The molecule has 0 amide bonds. The minimum absolute atomic E-state index is 0.0302. The molecule has 1 aromatic carbocycles. The summed E-state index contributed by atoms with van der Waals surface area (Å²) in [5, 5.41) is 9.47. The fourth-order valence-electron chi connectivity index (χ4n) is 6.23. The molecule has 0 aliphatic carbocycles. The van der Waals surface area contributed by atoms with Crippen LogP contribution in [0.3, 0.4) is 0 Å². The highest BCUT2D eigenvalue weighted by Gasteiger charge is 2.38. The number of rotatable bonds is 5. The topological polar surface area (TPSA) is 165 Å². The van der Waals surface area contributed by atoms with E-state index >= 15 is 8.78 Å². The van der Waals surface area contributed by atoms with Crippen molar-refractivity contribution in [3.8, 4) is 11.1 Å². The lowest BCUT2D eigenvalue weighted by molar-refractivity contribution is -0.422. The number of aromatic nitrogens is 4. The van der Waals surface area contributed by atoms with Gasteiger partial charge in [0.1, 0.15) is 22.2 Å². The Labute approximate surface area is 252 Å². The van der Waals surface area contributed by atoms with Crippen molar-refractivity contribution in [2.24, 2.45) is 7.05 Å². The zero-order valence-corrected chi connectivity index (χ0v) is 24.8. The third-order valence-corrected chi connectivity index (χ3v) is 9.22. The van der Waals surface area contributed by atoms with Crippen LogP contribution in [0.1, 0.15) is 10.4 Å². The van der Waals surface area contributed by atoms with Gasteiger partial charge in [0.15, 0.2) is 18.2 Å². The summed E-state index contributed by atoms with van der Waals surface area (Å²) in [5.74, 6) is -4.01. The Balaban J connectivity index is 1.62. The second kappa shape index (κ2) is 9.72. The largest absolute Gasteiger partial charge is 0.477 e. The number of hydrogen-bond acceptors (Lipinski definition) is 7. The fourth-order valence-corrected chi connectivity index (χ4v) is 6.62. The third-order valence-electron chi connectivity index (χ3n) is 8.33. The smallest absolute Gasteiger partial charge is 0.359 e. The first-order chi connectivity index (χ1) is 21.3. The lowest BCUT2D eigenvalue weighted by Gasteiger charge is -2.16. The molecule has 2 aliphatic heterocycles. The van der Waals surface area contributed by atoms with E-state index in [4.69, 9.17) is 0 Å². The monoisotopic (exact) mass is 636 g/mol. The van der Waals surface area contributed by atoms with Gasteiger partial charge < -0.3 is 14.7 Å². The number of carboxylic acids is 1. The predicted molar refractivity (Wildman–Crippen MR) is 162 cm³/mol. The number of anilines is 1. The first-order valence-electron chi connectivity index (χ1n) is 13.5. The number of H-pyrrole nitrogens is 1. The second-order valence-electron chi connectivity index (χ2n) is 11.1. The molecule has 7 rings (SSSR count). The van der Waals surface area contributed by atoms with Gasteiger partial charge in [-0.1, -0.05) is 0 Å². The number of aromatic amines is 1. The Morgan fingerprint density at radius 1 is 1.13 bits per heavy atom. The average molecular weight is 637 g/mol. The van der Waals surface area contributed by atoms with Crippen LogP contribution in [0.25, 0.3) is 44.1 Å². The molecule has 6 heterocycles. The third kappa shape index (κ3) is 4.24. The van der Waals surface area contributed by atoms with Crippen LogP contribution in [0.15, 0.2) is 47.2 Å². The molecule has 5 aromatic rings. The molecule has 0 atom stereocenters. The van der Waals surface area contributed by atoms with Crippen molar-refractivity contribution in [2.75, 3.05) is 38.0 Å². The SMILES string of the molecule is CN1CC2=CC[N+](c3c(-c4cnc5c(c4)c(=O)c(C(=O)O)cn5C)cnc4[nH]c5c(N(C)S(=O)(=O)O)cc(F)c(F)c5c34)=C2C1. The molecule has 1 fully saturated rings. The molecule has 0 bridgehead atoms. The Morgan fingerprint density at radius 2 is 1.89 bits per heavy atom. The molecule has 230 valence electrons. The van der Waals surface area contributed by atoms with E-state index < -0.39 is 38.9 Å². The summed E-state index contributed by atoms with van der Waals surface area (Å²) in [6.45, 7) is 1.59. The molecule has 13 nitrogen and oxygen atoms in total. The second-order valence-corrected chi connectivity index (χ2v) is 12.5. The number of nitrogens with zero attached hydrogens (tertiary/aromatic N) is 6. The van der Waals surface area contributed by atoms with Crippen molar-refractivity contribution >= 4 is 66.3 Å². The van der Waals surface area contributed by atoms with Crippen LogP contribution in [-0.4, -0.2) is 92.5 Å². The molecule has 4 aromatic heterocycles. The summed E-state index contributed by atoms with van der Waals surface area (Å²) in [5.41, 5.74) is 1.77. The number of pyridine rings is 3. The normalized spacial score (nSPS) is 15.5. The summed E-state index contributed by atoms with van der Waals surface area (Å²) in [6.07, 6.45) is 6.16. The molecule has 0 spiro atoms. The Hall–Kier alpha value is -5.06. The van der Waals surface area contributed by atoms with E-state index in [1.807, 2.05) is 17.7 Å². The van der Waals surface area contributed by atoms with Crippen LogP contribution in [0.4, 0.5) is 20.2 Å². The van der Waals surface area contributed by atoms with Gasteiger partial charge in [-0.3, -0.25) is 14.2 Å². The quantitative estimate of drug-likeness (QED) is 0.194. The standard InChI is InChI=1S/C29H23F2N7O6S/c1-35-10-13-4-5-38(20(13)12-35)25-16(14-6-15-26(39)17(29(40)41)11-36(2)28(15)33-8-14)9-32-27-22(25)21-23(31)18(30)7-19(24(21)34-27)37(3)45(42,43)44/h4,6-9,11H,5,10,12H2,1-3H3,(H2-,32,34,40,41,42,43,44)/p+1. The van der Waals surface area contributed by atoms with Crippen LogP contribution >= 0.6 is 0 Å². The minimum atomic E-state index is -4.85. The zero-order valence-electron chi connectivity index (χ0n) is 24.0. The molecule has 0 unspecified atom stereocenters. The summed E-state index contributed by atoms with van der Waals surface area (Å²) in [6, 6.07) is 2.16. The minimum Gasteiger partial charge on any atom is -0.477 e. The van der Waals surface area contributed by atoms with Crippen LogP contribution in [0.5, 0.6) is 0 Å². The van der Waals surface area contributed by atoms with Gasteiger partial charge in [0, 0.05) is 56.4 Å². The molecule has 1 saturated heterocycles. The highest BCUT2D eigenvalue weighted by Crippen LogP contribution is 2.44. The predicted octanol–water partition coefficient (Wildman–Crippen LogP) is 2.82. The van der Waals surface area contributed by atoms with E-state index in [-0.39, 0.29) is 38.7 Å². The molecule has 2 aliphatic rings. The molecular weight excluding hydrogens is 612 g/mol. The van der Waals surface area contributed by atoms with Gasteiger partial charge in [0.25, 0.3) is 0 Å². The molecule has 45 heavy (non-hydrogen) atoms. The van der Waals surface area contributed by atoms with Crippen molar-refractivity contribution < 1.29 is 36.2 Å². The van der Waals surface area contributed by atoms with Gasteiger partial charge in [0.2, 0.25) is 16.8 Å². The van der Waals surface area contributed by atoms with Gasteiger partial charge in [0.05, 0.1) is 34.1 Å². The highest BCUT2D eigenvalue weighted by molar-refractivity contribution is 7.87. The molecule has 0 saturated carbocycles. The van der Waals surface area contributed by atoms with Gasteiger partial charge in [-0.25, -0.2) is 27.8 Å². The van der Waals surface area contributed by atoms with Gasteiger partial charge in [-0.15, -0.1) is 0 Å². The van der Waals surface area contributed by atoms with Crippen molar-refractivity contribution in [3.63, 3.8) is 0 Å². The van der Waals surface area contributed by atoms with Crippen LogP contribution in [-0.2, 0) is 17.4 Å². The Morgan fingerprint density at radius 3 is 2.60 bits per heavy atom. The summed E-state index contributed by atoms with van der Waals surface area (Å²) < 4.78 is 68.6. The number of nitrogens with one attached hydrogen (secondary N) is 1. The maximum absolute atomic E-state index is 15.8. The average Bonchev–Trinajstić information content (AvgIpc) is 3.67. The number of likely N-dealkylation sites (tertiary alicyclic amines) is 1. The number of carboxylic acid groups (broad SMARTS) is 1. The molecular formula is C29H24F2N7O6S+. The number of benzene rings is 1. The van der Waals surface area contributed by atoms with Crippen LogP contribution in [0, 0.1) is 11.6 Å². The Kier molecular flexibility index (Phi) is 6.20. The zero-order chi connectivity index (χ0) is 32.1. The number of halogens is 2. The van der Waals surface area contributed by atoms with E-state index in [0.717, 1.165) is 18.3 Å². The first kappa shape index (κ1) is 28.7. The van der Waals surface area contributed by atoms with Gasteiger partial charge >= 0.3 is 16.3 Å². The lowest BCUT2D eigenvalue weighted by atomic mass is 10.0. The number of likely N-dealkylation sites (N-methyl/N-ethyl adjacent to an activating group) is 1. The van der Waals surface area contributed by atoms with E-state index in [1.165, 1.54) is 29.2 Å². The fraction of sp³-hybridized carbons (Fsp3) is 0.207. The van der Waals surface area contributed by atoms with Gasteiger partial charge in [-0.05, 0) is 19.2 Å². The summed E-state index contributed by atoms with van der Waals surface area (Å²) in [4.78, 5) is 38.9. The number of fused-ring (bicyclic) bond motifs is 5. The molecule has 16 heteroatoms. The Bertz CT molecular complexity index is 2420. The van der Waals surface area contributed by atoms with Crippen LogP contribution < -0.4 is 9.73 Å². The number of aromatic carboxylic acids is 1. The van der Waals surface area contributed by atoms with Crippen molar-refractivity contribution in [1.82, 2.24) is 24.4 Å². The number of carbonyl (C=O) groups is 1. The van der Waals surface area contributed by atoms with Crippen LogP contribution in [0.2, 0.25) is 0 Å².